The maximum absolute atomic E-state index is 11.2. The van der Waals surface area contributed by atoms with Gasteiger partial charge in [0.2, 0.25) is 0 Å². The Balaban J connectivity index is 4.57. The second-order valence-corrected chi connectivity index (χ2v) is 9.35. The molecule has 14 heavy (non-hydrogen) atoms. The molecule has 3 heteroatoms. The summed E-state index contributed by atoms with van der Waals surface area (Å²) in [6.45, 7) is 14.1. The van der Waals surface area contributed by atoms with Crippen LogP contribution in [0.5, 0.6) is 0 Å². The van der Waals surface area contributed by atoms with Gasteiger partial charge in [-0.15, -0.1) is 0 Å². The summed E-state index contributed by atoms with van der Waals surface area (Å²) in [5, 5.41) is 0.125. The van der Waals surface area contributed by atoms with Crippen molar-refractivity contribution in [1.82, 2.24) is 0 Å². The minimum absolute atomic E-state index is 0.125. The molecular weight excluding hydrogens is 192 g/mol. The van der Waals surface area contributed by atoms with Gasteiger partial charge >= 0.3 is 5.97 Å². The molecule has 0 aromatic heterocycles. The molecule has 0 radical (unpaired) electrons. The van der Waals surface area contributed by atoms with Gasteiger partial charge in [0.1, 0.15) is 0 Å². The van der Waals surface area contributed by atoms with Crippen LogP contribution in [-0.4, -0.2) is 14.3 Å². The van der Waals surface area contributed by atoms with Crippen LogP contribution >= 0.6 is 0 Å². The summed E-state index contributed by atoms with van der Waals surface area (Å²) in [5.41, 5.74) is 0. The van der Waals surface area contributed by atoms with Crippen LogP contribution in [0.4, 0.5) is 0 Å². The Morgan fingerprint density at radius 1 is 1.50 bits per heavy atom. The van der Waals surface area contributed by atoms with E-state index in [1.165, 1.54) is 6.08 Å². The summed E-state index contributed by atoms with van der Waals surface area (Å²) >= 11 is 0. The van der Waals surface area contributed by atoms with Crippen LogP contribution in [0.15, 0.2) is 12.7 Å². The van der Waals surface area contributed by atoms with Crippen LogP contribution in [0.2, 0.25) is 18.1 Å². The van der Waals surface area contributed by atoms with E-state index in [0.717, 1.165) is 12.8 Å². The van der Waals surface area contributed by atoms with Gasteiger partial charge in [-0.1, -0.05) is 33.8 Å². The molecule has 0 saturated heterocycles. The monoisotopic (exact) mass is 214 g/mol. The molecule has 2 nitrogen and oxygen atoms in total. The van der Waals surface area contributed by atoms with Crippen molar-refractivity contribution >= 4 is 14.3 Å². The van der Waals surface area contributed by atoms with Crippen LogP contribution in [0.25, 0.3) is 0 Å². The van der Waals surface area contributed by atoms with Crippen molar-refractivity contribution in [2.45, 2.75) is 51.7 Å². The van der Waals surface area contributed by atoms with Crippen molar-refractivity contribution in [3.63, 3.8) is 0 Å². The summed E-state index contributed by atoms with van der Waals surface area (Å²) in [7, 11) is -1.96. The highest BCUT2D eigenvalue weighted by atomic mass is 28.4. The Morgan fingerprint density at radius 2 is 2.00 bits per heavy atom. The Kier molecular flexibility index (Phi) is 4.58. The number of hydrogen-bond donors (Lipinski definition) is 0. The molecular formula is C11H22O2Si. The van der Waals surface area contributed by atoms with Crippen molar-refractivity contribution in [1.29, 1.82) is 0 Å². The van der Waals surface area contributed by atoms with E-state index in [1.807, 2.05) is 0 Å². The molecule has 0 saturated carbocycles. The van der Waals surface area contributed by atoms with Gasteiger partial charge in [0.05, 0.1) is 0 Å². The first-order chi connectivity index (χ1) is 6.27. The number of rotatable bonds is 5. The van der Waals surface area contributed by atoms with Crippen molar-refractivity contribution in [3.05, 3.63) is 12.7 Å². The van der Waals surface area contributed by atoms with Crippen molar-refractivity contribution in [2.75, 3.05) is 0 Å². The molecule has 0 fully saturated rings. The largest absolute Gasteiger partial charge is 0.516 e. The zero-order valence-corrected chi connectivity index (χ0v) is 11.0. The third-order valence-electron chi connectivity index (χ3n) is 3.03. The Morgan fingerprint density at radius 3 is 2.36 bits per heavy atom. The lowest BCUT2D eigenvalue weighted by molar-refractivity contribution is -0.130. The lowest BCUT2D eigenvalue weighted by atomic mass is 10.1. The third-order valence-corrected chi connectivity index (χ3v) is 7.25. The van der Waals surface area contributed by atoms with Gasteiger partial charge < -0.3 is 4.43 Å². The second-order valence-electron chi connectivity index (χ2n) is 4.77. The average molecular weight is 214 g/mol. The predicted octanol–water partition coefficient (Wildman–Crippen LogP) is 3.50. The highest BCUT2D eigenvalue weighted by Crippen LogP contribution is 2.41. The quantitative estimate of drug-likeness (QED) is 0.517. The molecule has 0 heterocycles. The van der Waals surface area contributed by atoms with Crippen molar-refractivity contribution < 1.29 is 9.22 Å². The SMILES string of the molecule is C=CC(=O)O[Si](C)(C)C(C)(C)CCC. The van der Waals surface area contributed by atoms with Gasteiger partial charge in [-0.05, 0) is 24.6 Å². The molecule has 0 spiro atoms. The molecule has 0 bridgehead atoms. The van der Waals surface area contributed by atoms with Crippen LogP contribution in [-0.2, 0) is 9.22 Å². The van der Waals surface area contributed by atoms with Crippen LogP contribution in [0.1, 0.15) is 33.6 Å². The Hall–Kier alpha value is -0.573. The van der Waals surface area contributed by atoms with E-state index in [2.05, 4.69) is 40.4 Å². The van der Waals surface area contributed by atoms with Gasteiger partial charge in [-0.25, -0.2) is 4.79 Å². The summed E-state index contributed by atoms with van der Waals surface area (Å²) in [5.74, 6) is -0.286. The van der Waals surface area contributed by atoms with Crippen molar-refractivity contribution in [3.8, 4) is 0 Å². The molecule has 0 N–H and O–H groups in total. The summed E-state index contributed by atoms with van der Waals surface area (Å²) in [4.78, 5) is 11.2. The Bertz CT molecular complexity index is 219. The molecule has 0 unspecified atom stereocenters. The first-order valence-electron chi connectivity index (χ1n) is 5.12. The third kappa shape index (κ3) is 3.29. The molecule has 0 aliphatic heterocycles. The van der Waals surface area contributed by atoms with Gasteiger partial charge in [0.25, 0.3) is 8.32 Å². The minimum Gasteiger partial charge on any atom is -0.516 e. The Labute approximate surface area is 88.5 Å². The number of hydrogen-bond acceptors (Lipinski definition) is 2. The highest BCUT2D eigenvalue weighted by Gasteiger charge is 2.42. The molecule has 0 aromatic rings. The van der Waals surface area contributed by atoms with Crippen LogP contribution < -0.4 is 0 Å². The fraction of sp³-hybridized carbons (Fsp3) is 0.727. The van der Waals surface area contributed by atoms with Gasteiger partial charge in [0, 0.05) is 6.08 Å². The fourth-order valence-electron chi connectivity index (χ4n) is 1.36. The van der Waals surface area contributed by atoms with E-state index in [0.29, 0.717) is 0 Å². The maximum Gasteiger partial charge on any atom is 0.316 e. The second kappa shape index (κ2) is 4.78. The number of carbonyl (C=O) groups is 1. The van der Waals surface area contributed by atoms with Gasteiger partial charge in [-0.3, -0.25) is 0 Å². The summed E-state index contributed by atoms with van der Waals surface area (Å²) in [6.07, 6.45) is 3.46. The topological polar surface area (TPSA) is 26.3 Å². The highest BCUT2D eigenvalue weighted by molar-refractivity contribution is 6.75. The normalized spacial score (nSPS) is 12.4. The zero-order valence-electron chi connectivity index (χ0n) is 10.0. The van der Waals surface area contributed by atoms with E-state index in [4.69, 9.17) is 4.43 Å². The van der Waals surface area contributed by atoms with Crippen molar-refractivity contribution in [2.24, 2.45) is 0 Å². The van der Waals surface area contributed by atoms with Crippen LogP contribution in [0, 0.1) is 0 Å². The first-order valence-corrected chi connectivity index (χ1v) is 8.03. The smallest absolute Gasteiger partial charge is 0.316 e. The average Bonchev–Trinajstić information content (AvgIpc) is 2.03. The molecule has 0 atom stereocenters. The summed E-state index contributed by atoms with van der Waals surface area (Å²) in [6, 6.07) is 0. The molecule has 0 aliphatic rings. The molecule has 0 aliphatic carbocycles. The van der Waals surface area contributed by atoms with E-state index < -0.39 is 8.32 Å². The lowest BCUT2D eigenvalue weighted by Gasteiger charge is -2.38. The lowest BCUT2D eigenvalue weighted by Crippen LogP contribution is -2.43. The first kappa shape index (κ1) is 13.4. The van der Waals surface area contributed by atoms with E-state index in [1.54, 1.807) is 0 Å². The molecule has 82 valence electrons. The molecule has 0 aromatic carbocycles. The van der Waals surface area contributed by atoms with Crippen LogP contribution in [0.3, 0.4) is 0 Å². The van der Waals surface area contributed by atoms with E-state index in [-0.39, 0.29) is 11.0 Å². The summed E-state index contributed by atoms with van der Waals surface area (Å²) < 4.78 is 5.49. The maximum atomic E-state index is 11.2. The van der Waals surface area contributed by atoms with Gasteiger partial charge in [-0.2, -0.15) is 0 Å². The predicted molar refractivity (Wildman–Crippen MR) is 62.7 cm³/mol. The van der Waals surface area contributed by atoms with E-state index >= 15 is 0 Å². The minimum atomic E-state index is -1.96. The van der Waals surface area contributed by atoms with E-state index in [9.17, 15) is 4.79 Å². The zero-order chi connectivity index (χ0) is 11.4. The standard InChI is InChI=1S/C11H22O2Si/c1-7-9-11(3,4)14(5,6)13-10(12)8-2/h8H,2,7,9H2,1,3-6H3. The molecule has 0 rings (SSSR count). The van der Waals surface area contributed by atoms with Gasteiger partial charge in [0.15, 0.2) is 0 Å². The molecule has 0 amide bonds. The number of carbonyl (C=O) groups excluding carboxylic acids is 1. The fourth-order valence-corrected chi connectivity index (χ4v) is 3.07.